The number of nitrogens with zero attached hydrogens (tertiary/aromatic N) is 1. The predicted octanol–water partition coefficient (Wildman–Crippen LogP) is 7.22. The normalized spacial score (nSPS) is 12.3. The Kier molecular flexibility index (Phi) is 6.06. The topological polar surface area (TPSA) is 68.5 Å². The van der Waals surface area contributed by atoms with Gasteiger partial charge in [-0.2, -0.15) is 0 Å². The van der Waals surface area contributed by atoms with Crippen molar-refractivity contribution in [3.63, 3.8) is 0 Å². The first-order valence-corrected chi connectivity index (χ1v) is 12.0. The van der Waals surface area contributed by atoms with Crippen LogP contribution in [0.1, 0.15) is 0 Å². The Morgan fingerprint density at radius 3 is 2.27 bits per heavy atom. The Morgan fingerprint density at radius 2 is 1.64 bits per heavy atom. The third-order valence-corrected chi connectivity index (χ3v) is 7.34. The van der Waals surface area contributed by atoms with Gasteiger partial charge in [-0.25, -0.2) is 12.4 Å². The van der Waals surface area contributed by atoms with E-state index in [2.05, 4.69) is 20.7 Å². The van der Waals surface area contributed by atoms with Crippen molar-refractivity contribution in [1.82, 2.24) is 3.97 Å². The summed E-state index contributed by atoms with van der Waals surface area (Å²) in [6, 6.07) is 13.3. The van der Waals surface area contributed by atoms with Gasteiger partial charge in [0.15, 0.2) is 5.75 Å². The maximum absolute atomic E-state index is 13.7. The molecule has 0 radical (unpaired) electrons. The molecule has 0 aliphatic heterocycles. The van der Waals surface area contributed by atoms with Crippen LogP contribution in [0.25, 0.3) is 22.2 Å². The molecule has 0 bridgehead atoms. The number of hydrogen-bond acceptors (Lipinski definition) is 4. The van der Waals surface area contributed by atoms with Crippen LogP contribution >= 0.6 is 39.1 Å². The molecule has 0 spiro atoms. The summed E-state index contributed by atoms with van der Waals surface area (Å²) in [5.74, 6) is -1.10. The van der Waals surface area contributed by atoms with Crippen molar-refractivity contribution in [2.45, 2.75) is 11.3 Å². The minimum Gasteiger partial charge on any atom is -0.505 e. The van der Waals surface area contributed by atoms with Crippen molar-refractivity contribution in [3.8, 4) is 22.8 Å². The van der Waals surface area contributed by atoms with Crippen LogP contribution in [0.15, 0.2) is 70.0 Å². The van der Waals surface area contributed by atoms with E-state index in [1.165, 1.54) is 42.5 Å². The first kappa shape index (κ1) is 23.7. The highest BCUT2D eigenvalue weighted by atomic mass is 79.9. The number of benzene rings is 3. The maximum Gasteiger partial charge on any atom is 0.573 e. The minimum absolute atomic E-state index is 0.126. The molecule has 1 aromatic heterocycles. The zero-order chi connectivity index (χ0) is 24.1. The van der Waals surface area contributed by atoms with Crippen LogP contribution in [0.3, 0.4) is 0 Å². The van der Waals surface area contributed by atoms with E-state index in [1.807, 2.05) is 0 Å². The number of phenolic OH excluding ortho intramolecular Hbond substituents is 1. The smallest absolute Gasteiger partial charge is 0.505 e. The lowest BCUT2D eigenvalue weighted by Gasteiger charge is -2.15. The summed E-state index contributed by atoms with van der Waals surface area (Å²) in [6.45, 7) is 0. The number of hydrogen-bond donors (Lipinski definition) is 1. The van der Waals surface area contributed by atoms with Crippen LogP contribution < -0.4 is 4.74 Å². The van der Waals surface area contributed by atoms with Gasteiger partial charge in [0, 0.05) is 14.9 Å². The Labute approximate surface area is 204 Å². The molecular weight excluding hydrogens is 570 g/mol. The van der Waals surface area contributed by atoms with Gasteiger partial charge in [0.2, 0.25) is 0 Å². The van der Waals surface area contributed by atoms with Crippen molar-refractivity contribution in [3.05, 3.63) is 75.2 Å². The predicted molar refractivity (Wildman–Crippen MR) is 122 cm³/mol. The molecule has 3 aromatic carbocycles. The summed E-state index contributed by atoms with van der Waals surface area (Å²) in [7, 11) is -4.43. The van der Waals surface area contributed by atoms with Crippen LogP contribution in [-0.4, -0.2) is 23.9 Å². The first-order chi connectivity index (χ1) is 15.4. The van der Waals surface area contributed by atoms with Crippen LogP contribution in [-0.2, 0) is 10.0 Å². The fourth-order valence-electron chi connectivity index (χ4n) is 3.29. The number of ether oxygens (including phenoxy) is 1. The second kappa shape index (κ2) is 8.43. The van der Waals surface area contributed by atoms with Gasteiger partial charge in [-0.15, -0.1) is 13.2 Å². The van der Waals surface area contributed by atoms with Crippen molar-refractivity contribution in [1.29, 1.82) is 0 Å². The van der Waals surface area contributed by atoms with Crippen LogP contribution in [0, 0.1) is 0 Å². The average molecular weight is 581 g/mol. The average Bonchev–Trinajstić information content (AvgIpc) is 3.09. The minimum atomic E-state index is -4.87. The molecule has 0 atom stereocenters. The number of aromatic hydroxyl groups is 1. The summed E-state index contributed by atoms with van der Waals surface area (Å²) < 4.78 is 70.0. The van der Waals surface area contributed by atoms with Gasteiger partial charge in [0.05, 0.1) is 16.2 Å². The van der Waals surface area contributed by atoms with E-state index in [1.54, 1.807) is 6.07 Å². The van der Waals surface area contributed by atoms with Crippen molar-refractivity contribution >= 4 is 60.1 Å². The molecule has 33 heavy (non-hydrogen) atoms. The second-order valence-corrected chi connectivity index (χ2v) is 10.3. The molecule has 0 saturated carbocycles. The molecular formula is C21H11BrCl2F3NO4S. The Hall–Kier alpha value is -2.40. The van der Waals surface area contributed by atoms with E-state index >= 15 is 0 Å². The number of alkyl halides is 3. The summed E-state index contributed by atoms with van der Waals surface area (Å²) >= 11 is 15.2. The molecule has 4 rings (SSSR count). The fraction of sp³-hybridized carbons (Fsp3) is 0.0476. The van der Waals surface area contributed by atoms with Gasteiger partial charge < -0.3 is 9.84 Å². The molecule has 0 amide bonds. The molecule has 4 aromatic rings. The van der Waals surface area contributed by atoms with Gasteiger partial charge in [-0.1, -0.05) is 39.1 Å². The molecule has 0 saturated heterocycles. The maximum atomic E-state index is 13.7. The summed E-state index contributed by atoms with van der Waals surface area (Å²) in [4.78, 5) is -0.465. The van der Waals surface area contributed by atoms with E-state index < -0.39 is 32.8 Å². The number of phenols is 1. The highest BCUT2D eigenvalue weighted by molar-refractivity contribution is 9.10. The Balaban J connectivity index is 1.97. The number of halogens is 6. The van der Waals surface area contributed by atoms with Crippen molar-refractivity contribution < 1.29 is 31.4 Å². The summed E-state index contributed by atoms with van der Waals surface area (Å²) in [5.41, 5.74) is 0.642. The standard InChI is InChI=1S/C21H11BrCl2F3NO4S/c22-13-9-16(24)20(29)19(10-13)33(30,31)28-17-6-3-14(23)7-12(17)8-18(28)11-1-4-15(5-2-11)32-21(25,26)27/h1-10,29H. The quantitative estimate of drug-likeness (QED) is 0.277. The van der Waals surface area contributed by atoms with Crippen molar-refractivity contribution in [2.75, 3.05) is 0 Å². The third-order valence-electron chi connectivity index (χ3n) is 4.61. The highest BCUT2D eigenvalue weighted by Crippen LogP contribution is 2.39. The first-order valence-electron chi connectivity index (χ1n) is 8.97. The number of fused-ring (bicyclic) bond motifs is 1. The Morgan fingerprint density at radius 1 is 0.970 bits per heavy atom. The van der Waals surface area contributed by atoms with E-state index in [-0.39, 0.29) is 21.8 Å². The molecule has 0 aliphatic rings. The third kappa shape index (κ3) is 4.65. The molecule has 0 fully saturated rings. The van der Waals surface area contributed by atoms with Crippen molar-refractivity contribution in [2.24, 2.45) is 0 Å². The van der Waals surface area contributed by atoms with E-state index in [4.69, 9.17) is 23.2 Å². The molecule has 12 heteroatoms. The molecule has 5 nitrogen and oxygen atoms in total. The fourth-order valence-corrected chi connectivity index (χ4v) is 6.15. The summed E-state index contributed by atoms with van der Waals surface area (Å²) in [5, 5.41) is 11.0. The number of rotatable bonds is 4. The zero-order valence-electron chi connectivity index (χ0n) is 16.1. The van der Waals surface area contributed by atoms with E-state index in [0.29, 0.717) is 14.9 Å². The largest absolute Gasteiger partial charge is 0.573 e. The lowest BCUT2D eigenvalue weighted by Crippen LogP contribution is -2.17. The number of aromatic nitrogens is 1. The van der Waals surface area contributed by atoms with Crippen LogP contribution in [0.5, 0.6) is 11.5 Å². The highest BCUT2D eigenvalue weighted by Gasteiger charge is 2.31. The van der Waals surface area contributed by atoms with Gasteiger partial charge in [-0.05, 0) is 66.2 Å². The molecule has 172 valence electrons. The SMILES string of the molecule is O=S(=O)(c1cc(Br)cc(Cl)c1O)n1c(-c2ccc(OC(F)(F)F)cc2)cc2cc(Cl)ccc21. The zero-order valence-corrected chi connectivity index (χ0v) is 20.0. The van der Waals surface area contributed by atoms with Gasteiger partial charge >= 0.3 is 6.36 Å². The monoisotopic (exact) mass is 579 g/mol. The second-order valence-electron chi connectivity index (χ2n) is 6.81. The molecule has 1 heterocycles. The lowest BCUT2D eigenvalue weighted by molar-refractivity contribution is -0.274. The molecule has 1 N–H and O–H groups in total. The van der Waals surface area contributed by atoms with Crippen LogP contribution in [0.2, 0.25) is 10.0 Å². The summed E-state index contributed by atoms with van der Waals surface area (Å²) in [6.07, 6.45) is -4.87. The van der Waals surface area contributed by atoms with Gasteiger partial charge in [0.1, 0.15) is 10.6 Å². The van der Waals surface area contributed by atoms with Crippen LogP contribution in [0.4, 0.5) is 13.2 Å². The molecule has 0 unspecified atom stereocenters. The van der Waals surface area contributed by atoms with E-state index in [0.717, 1.165) is 16.1 Å². The lowest BCUT2D eigenvalue weighted by atomic mass is 10.1. The Bertz CT molecular complexity index is 1490. The van der Waals surface area contributed by atoms with Gasteiger partial charge in [-0.3, -0.25) is 0 Å². The molecule has 0 aliphatic carbocycles. The van der Waals surface area contributed by atoms with Gasteiger partial charge in [0.25, 0.3) is 10.0 Å². The van der Waals surface area contributed by atoms with E-state index in [9.17, 15) is 26.7 Å².